The van der Waals surface area contributed by atoms with Crippen molar-refractivity contribution in [2.24, 2.45) is 5.92 Å². The third-order valence-electron chi connectivity index (χ3n) is 6.78. The topological polar surface area (TPSA) is 116 Å². The molecular weight excluding hydrogens is 536 g/mol. The number of aliphatic hydroxyl groups excluding tert-OH is 1. The van der Waals surface area contributed by atoms with Gasteiger partial charge in [-0.3, -0.25) is 19.3 Å². The molecule has 1 saturated heterocycles. The molecule has 4 aromatic rings. The number of aliphatic hydroxyl groups is 1. The second kappa shape index (κ2) is 12.5. The Hall–Kier alpha value is -3.54. The minimum atomic E-state index is -0.141. The summed E-state index contributed by atoms with van der Waals surface area (Å²) in [6, 6.07) is 13.3. The second-order valence-electron chi connectivity index (χ2n) is 9.37. The number of para-hydroxylation sites is 1. The van der Waals surface area contributed by atoms with E-state index >= 15 is 0 Å². The fraction of sp³-hybridized carbons (Fsp3) is 0.357. The molecule has 1 aliphatic heterocycles. The summed E-state index contributed by atoms with van der Waals surface area (Å²) in [6.07, 6.45) is 2.01. The number of thiazole rings is 1. The molecule has 11 heteroatoms. The zero-order chi connectivity index (χ0) is 27.2. The van der Waals surface area contributed by atoms with Crippen LogP contribution in [-0.2, 0) is 9.59 Å². The number of furan rings is 1. The van der Waals surface area contributed by atoms with Gasteiger partial charge in [0.2, 0.25) is 11.8 Å². The average molecular weight is 567 g/mol. The van der Waals surface area contributed by atoms with Crippen molar-refractivity contribution in [3.05, 3.63) is 58.1 Å². The third kappa shape index (κ3) is 6.38. The SMILES string of the molecule is O=C(NCCO)C1CCN(C(=O)CCCN(C(=O)c2cccs2)c2nc(-c3cc4ccccc4o3)cs2)CC1. The molecule has 39 heavy (non-hydrogen) atoms. The van der Waals surface area contributed by atoms with Crippen LogP contribution >= 0.6 is 22.7 Å². The first-order valence-corrected chi connectivity index (χ1v) is 14.8. The Morgan fingerprint density at radius 2 is 1.95 bits per heavy atom. The number of rotatable bonds is 10. The van der Waals surface area contributed by atoms with Gasteiger partial charge in [0.1, 0.15) is 11.3 Å². The van der Waals surface area contributed by atoms with Gasteiger partial charge in [0.25, 0.3) is 5.91 Å². The monoisotopic (exact) mass is 566 g/mol. The molecule has 0 radical (unpaired) electrons. The summed E-state index contributed by atoms with van der Waals surface area (Å²) in [5.74, 6) is 0.327. The molecule has 4 heterocycles. The lowest BCUT2D eigenvalue weighted by Gasteiger charge is -2.31. The Kier molecular flexibility index (Phi) is 8.70. The van der Waals surface area contributed by atoms with E-state index < -0.39 is 0 Å². The van der Waals surface area contributed by atoms with Crippen LogP contribution in [0.2, 0.25) is 0 Å². The second-order valence-corrected chi connectivity index (χ2v) is 11.2. The van der Waals surface area contributed by atoms with Crippen molar-refractivity contribution in [1.29, 1.82) is 0 Å². The van der Waals surface area contributed by atoms with Gasteiger partial charge in [-0.05, 0) is 42.8 Å². The van der Waals surface area contributed by atoms with Crippen LogP contribution in [0.15, 0.2) is 57.6 Å². The van der Waals surface area contributed by atoms with Gasteiger partial charge in [0, 0.05) is 49.3 Å². The molecule has 0 spiro atoms. The average Bonchev–Trinajstić information content (AvgIpc) is 3.74. The van der Waals surface area contributed by atoms with Crippen LogP contribution in [-0.4, -0.2) is 65.5 Å². The van der Waals surface area contributed by atoms with Gasteiger partial charge in [0.05, 0.1) is 11.5 Å². The fourth-order valence-corrected chi connectivity index (χ4v) is 6.20. The minimum absolute atomic E-state index is 0.0230. The number of piperidine rings is 1. The molecule has 0 bridgehead atoms. The molecule has 1 aliphatic rings. The van der Waals surface area contributed by atoms with Crippen LogP contribution in [0.3, 0.4) is 0 Å². The number of nitrogens with one attached hydrogen (secondary N) is 1. The molecule has 3 amide bonds. The van der Waals surface area contributed by atoms with Crippen LogP contribution in [0.25, 0.3) is 22.4 Å². The number of nitrogens with zero attached hydrogens (tertiary/aromatic N) is 3. The van der Waals surface area contributed by atoms with Gasteiger partial charge in [0.15, 0.2) is 10.9 Å². The van der Waals surface area contributed by atoms with Crippen LogP contribution in [0, 0.1) is 5.92 Å². The molecule has 1 fully saturated rings. The van der Waals surface area contributed by atoms with Crippen molar-refractivity contribution in [2.45, 2.75) is 25.7 Å². The number of carbonyl (C=O) groups is 3. The van der Waals surface area contributed by atoms with Crippen LogP contribution in [0.1, 0.15) is 35.4 Å². The molecule has 0 aliphatic carbocycles. The summed E-state index contributed by atoms with van der Waals surface area (Å²) in [4.78, 5) is 47.2. The summed E-state index contributed by atoms with van der Waals surface area (Å²) < 4.78 is 5.96. The highest BCUT2D eigenvalue weighted by atomic mass is 32.1. The lowest BCUT2D eigenvalue weighted by Crippen LogP contribution is -2.43. The summed E-state index contributed by atoms with van der Waals surface area (Å²) in [5.41, 5.74) is 1.44. The van der Waals surface area contributed by atoms with Gasteiger partial charge >= 0.3 is 0 Å². The van der Waals surface area contributed by atoms with E-state index in [-0.39, 0.29) is 36.8 Å². The standard InChI is InChI=1S/C28H30N4O5S2/c33-15-11-29-26(35)19-9-13-31(14-10-19)25(34)8-3-12-32(27(36)24-7-4-16-38-24)28-30-21(18-39-28)23-17-20-5-1-2-6-22(20)37-23/h1-2,4-7,16-19,33H,3,8-15H2,(H,29,35). The normalized spacial score (nSPS) is 14.0. The minimum Gasteiger partial charge on any atom is -0.454 e. The number of fused-ring (bicyclic) bond motifs is 1. The van der Waals surface area contributed by atoms with Crippen molar-refractivity contribution in [3.63, 3.8) is 0 Å². The maximum Gasteiger partial charge on any atom is 0.270 e. The summed E-state index contributed by atoms with van der Waals surface area (Å²) in [6.45, 7) is 1.58. The largest absolute Gasteiger partial charge is 0.454 e. The maximum absolute atomic E-state index is 13.4. The first-order chi connectivity index (χ1) is 19.0. The summed E-state index contributed by atoms with van der Waals surface area (Å²) >= 11 is 2.75. The van der Waals surface area contributed by atoms with E-state index in [0.717, 1.165) is 11.0 Å². The maximum atomic E-state index is 13.4. The molecule has 2 N–H and O–H groups in total. The van der Waals surface area contributed by atoms with Gasteiger partial charge < -0.3 is 19.7 Å². The number of anilines is 1. The highest BCUT2D eigenvalue weighted by molar-refractivity contribution is 7.14. The molecule has 9 nitrogen and oxygen atoms in total. The number of aromatic nitrogens is 1. The molecule has 1 aromatic carbocycles. The zero-order valence-corrected chi connectivity index (χ0v) is 23.0. The highest BCUT2D eigenvalue weighted by Crippen LogP contribution is 2.32. The number of hydrogen-bond donors (Lipinski definition) is 2. The van der Waals surface area contributed by atoms with Crippen LogP contribution in [0.5, 0.6) is 0 Å². The number of carbonyl (C=O) groups excluding carboxylic acids is 3. The van der Waals surface area contributed by atoms with Gasteiger partial charge in [-0.2, -0.15) is 0 Å². The highest BCUT2D eigenvalue weighted by Gasteiger charge is 2.28. The molecule has 3 aromatic heterocycles. The number of likely N-dealkylation sites (tertiary alicyclic amines) is 1. The van der Waals surface area contributed by atoms with E-state index in [1.54, 1.807) is 15.9 Å². The number of thiophene rings is 1. The van der Waals surface area contributed by atoms with Gasteiger partial charge in [-0.15, -0.1) is 22.7 Å². The zero-order valence-electron chi connectivity index (χ0n) is 21.4. The van der Waals surface area contributed by atoms with Crippen LogP contribution in [0.4, 0.5) is 5.13 Å². The Balaban J connectivity index is 1.22. The predicted octanol–water partition coefficient (Wildman–Crippen LogP) is 4.39. The first kappa shape index (κ1) is 27.0. The molecular formula is C28H30N4O5S2. The van der Waals surface area contributed by atoms with E-state index in [9.17, 15) is 14.4 Å². The smallest absolute Gasteiger partial charge is 0.270 e. The van der Waals surface area contributed by atoms with Crippen molar-refractivity contribution in [1.82, 2.24) is 15.2 Å². The quantitative estimate of drug-likeness (QED) is 0.294. The van der Waals surface area contributed by atoms with Gasteiger partial charge in [-0.1, -0.05) is 24.3 Å². The van der Waals surface area contributed by atoms with Crippen LogP contribution < -0.4 is 10.2 Å². The molecule has 204 valence electrons. The lowest BCUT2D eigenvalue weighted by molar-refractivity contribution is -0.135. The van der Waals surface area contributed by atoms with E-state index in [0.29, 0.717) is 66.8 Å². The fourth-order valence-electron chi connectivity index (χ4n) is 4.69. The van der Waals surface area contributed by atoms with E-state index in [2.05, 4.69) is 5.32 Å². The van der Waals surface area contributed by atoms with E-state index in [1.165, 1.54) is 22.7 Å². The Bertz CT molecular complexity index is 1390. The van der Waals surface area contributed by atoms with Crippen molar-refractivity contribution >= 4 is 56.5 Å². The molecule has 0 saturated carbocycles. The number of benzene rings is 1. The third-order valence-corrected chi connectivity index (χ3v) is 8.50. The van der Waals surface area contributed by atoms with Crippen molar-refractivity contribution in [2.75, 3.05) is 37.7 Å². The molecule has 5 rings (SSSR count). The van der Waals surface area contributed by atoms with E-state index in [1.807, 2.05) is 47.2 Å². The van der Waals surface area contributed by atoms with Crippen molar-refractivity contribution < 1.29 is 23.9 Å². The van der Waals surface area contributed by atoms with Gasteiger partial charge in [-0.25, -0.2) is 4.98 Å². The number of amides is 3. The van der Waals surface area contributed by atoms with E-state index in [4.69, 9.17) is 14.5 Å². The van der Waals surface area contributed by atoms with Crippen molar-refractivity contribution in [3.8, 4) is 11.5 Å². The summed E-state index contributed by atoms with van der Waals surface area (Å²) in [7, 11) is 0. The Morgan fingerprint density at radius 3 is 2.69 bits per heavy atom. The first-order valence-electron chi connectivity index (χ1n) is 13.0. The lowest BCUT2D eigenvalue weighted by atomic mass is 9.95. The summed E-state index contributed by atoms with van der Waals surface area (Å²) in [5, 5.41) is 16.9. The Labute approximate surface area is 234 Å². The molecule has 0 unspecified atom stereocenters. The predicted molar refractivity (Wildman–Crippen MR) is 152 cm³/mol. The number of hydrogen-bond acceptors (Lipinski definition) is 8. The Morgan fingerprint density at radius 1 is 1.13 bits per heavy atom. The molecule has 0 atom stereocenters.